The highest BCUT2D eigenvalue weighted by Gasteiger charge is 2.16. The molecule has 0 atom stereocenters. The van der Waals surface area contributed by atoms with Crippen LogP contribution in [0.25, 0.3) is 22.6 Å². The van der Waals surface area contributed by atoms with Crippen LogP contribution in [-0.4, -0.2) is 10.9 Å². The van der Waals surface area contributed by atoms with Crippen molar-refractivity contribution in [1.29, 1.82) is 0 Å². The second-order valence-corrected chi connectivity index (χ2v) is 8.28. The van der Waals surface area contributed by atoms with Gasteiger partial charge in [0.2, 0.25) is 5.89 Å². The van der Waals surface area contributed by atoms with Crippen LogP contribution in [0.3, 0.4) is 0 Å². The van der Waals surface area contributed by atoms with E-state index >= 15 is 0 Å². The second-order valence-electron chi connectivity index (χ2n) is 6.19. The Morgan fingerprint density at radius 1 is 1.11 bits per heavy atom. The van der Waals surface area contributed by atoms with Crippen LogP contribution < -0.4 is 5.32 Å². The van der Waals surface area contributed by atoms with E-state index in [2.05, 4.69) is 32.9 Å². The molecular weight excluding hydrogens is 510 g/mol. The Bertz CT molecular complexity index is 1220. The van der Waals surface area contributed by atoms with Gasteiger partial charge in [0.25, 0.3) is 5.91 Å². The van der Waals surface area contributed by atoms with Crippen LogP contribution in [-0.2, 0) is 0 Å². The molecule has 1 N–H and O–H groups in total. The van der Waals surface area contributed by atoms with Crippen LogP contribution in [0, 0.1) is 10.5 Å². The van der Waals surface area contributed by atoms with Crippen LogP contribution in [0.4, 0.5) is 5.69 Å². The number of aromatic nitrogens is 1. The summed E-state index contributed by atoms with van der Waals surface area (Å²) in [5.41, 5.74) is 4.06. The molecule has 140 valence electrons. The number of oxazole rings is 1. The lowest BCUT2D eigenvalue weighted by atomic mass is 10.1. The summed E-state index contributed by atoms with van der Waals surface area (Å²) < 4.78 is 6.80. The van der Waals surface area contributed by atoms with Gasteiger partial charge in [-0.2, -0.15) is 0 Å². The third kappa shape index (κ3) is 3.74. The summed E-state index contributed by atoms with van der Waals surface area (Å²) in [6, 6.07) is 16.2. The standard InChI is InChI=1S/C21H13Cl2IN2O2/c1-11-14(21-26-18-9-12(22)5-8-19(18)28-21)3-2-4-17(11)25-20(27)15-10-13(24)6-7-16(15)23/h2-10H,1H3,(H,25,27). The van der Waals surface area contributed by atoms with Crippen molar-refractivity contribution < 1.29 is 9.21 Å². The lowest BCUT2D eigenvalue weighted by Crippen LogP contribution is -2.13. The zero-order valence-electron chi connectivity index (χ0n) is 14.6. The van der Waals surface area contributed by atoms with Crippen LogP contribution in [0.1, 0.15) is 15.9 Å². The van der Waals surface area contributed by atoms with Crippen molar-refractivity contribution in [3.63, 3.8) is 0 Å². The average molecular weight is 523 g/mol. The normalized spacial score (nSPS) is 11.0. The van der Waals surface area contributed by atoms with E-state index in [1.807, 2.05) is 31.2 Å². The molecule has 0 saturated heterocycles. The molecule has 0 fully saturated rings. The highest BCUT2D eigenvalue weighted by Crippen LogP contribution is 2.32. The van der Waals surface area contributed by atoms with Crippen LogP contribution in [0.2, 0.25) is 10.0 Å². The van der Waals surface area contributed by atoms with Crippen molar-refractivity contribution in [2.45, 2.75) is 6.92 Å². The quantitative estimate of drug-likeness (QED) is 0.296. The molecule has 0 aliphatic rings. The highest BCUT2D eigenvalue weighted by atomic mass is 127. The molecule has 1 heterocycles. The summed E-state index contributed by atoms with van der Waals surface area (Å²) in [6.45, 7) is 1.91. The smallest absolute Gasteiger partial charge is 0.257 e. The van der Waals surface area contributed by atoms with Gasteiger partial charge in [-0.15, -0.1) is 0 Å². The van der Waals surface area contributed by atoms with Gasteiger partial charge < -0.3 is 9.73 Å². The van der Waals surface area contributed by atoms with E-state index in [0.717, 1.165) is 14.7 Å². The van der Waals surface area contributed by atoms with E-state index in [9.17, 15) is 4.79 Å². The molecule has 0 aliphatic carbocycles. The molecule has 4 rings (SSSR count). The molecule has 1 amide bonds. The van der Waals surface area contributed by atoms with E-state index in [1.165, 1.54) is 0 Å². The summed E-state index contributed by atoms with van der Waals surface area (Å²) in [5.74, 6) is 0.200. The van der Waals surface area contributed by atoms with Crippen molar-refractivity contribution >= 4 is 68.5 Å². The lowest BCUT2D eigenvalue weighted by Gasteiger charge is -2.12. The van der Waals surface area contributed by atoms with E-state index in [-0.39, 0.29) is 5.91 Å². The van der Waals surface area contributed by atoms with Gasteiger partial charge >= 0.3 is 0 Å². The van der Waals surface area contributed by atoms with Crippen molar-refractivity contribution in [1.82, 2.24) is 4.98 Å². The third-order valence-corrected chi connectivity index (χ3v) is 5.57. The largest absolute Gasteiger partial charge is 0.436 e. The minimum absolute atomic E-state index is 0.270. The average Bonchev–Trinajstić information content (AvgIpc) is 3.08. The predicted molar refractivity (Wildman–Crippen MR) is 121 cm³/mol. The molecule has 0 unspecified atom stereocenters. The van der Waals surface area contributed by atoms with Crippen molar-refractivity contribution in [2.24, 2.45) is 0 Å². The van der Waals surface area contributed by atoms with E-state index in [0.29, 0.717) is 38.3 Å². The first-order chi connectivity index (χ1) is 13.4. The van der Waals surface area contributed by atoms with Gasteiger partial charge in [0.15, 0.2) is 5.58 Å². The van der Waals surface area contributed by atoms with Gasteiger partial charge in [0.1, 0.15) is 5.52 Å². The summed E-state index contributed by atoms with van der Waals surface area (Å²) in [6.07, 6.45) is 0. The van der Waals surface area contributed by atoms with Gasteiger partial charge in [-0.3, -0.25) is 4.79 Å². The number of halogens is 3. The second kappa shape index (κ2) is 7.73. The topological polar surface area (TPSA) is 55.1 Å². The Labute approximate surface area is 185 Å². The van der Waals surface area contributed by atoms with Crippen LogP contribution in [0.5, 0.6) is 0 Å². The Kier molecular flexibility index (Phi) is 5.31. The first-order valence-corrected chi connectivity index (χ1v) is 10.2. The molecule has 0 radical (unpaired) electrons. The molecule has 1 aromatic heterocycles. The van der Waals surface area contributed by atoms with Crippen LogP contribution in [0.15, 0.2) is 59.0 Å². The summed E-state index contributed by atoms with van der Waals surface area (Å²) >= 11 is 14.4. The van der Waals surface area contributed by atoms with Crippen LogP contribution >= 0.6 is 45.8 Å². The maximum absolute atomic E-state index is 12.7. The maximum atomic E-state index is 12.7. The number of fused-ring (bicyclic) bond motifs is 1. The van der Waals surface area contributed by atoms with Gasteiger partial charge in [0, 0.05) is 19.8 Å². The maximum Gasteiger partial charge on any atom is 0.257 e. The van der Waals surface area contributed by atoms with Gasteiger partial charge in [-0.25, -0.2) is 4.98 Å². The van der Waals surface area contributed by atoms with Crippen molar-refractivity contribution in [2.75, 3.05) is 5.32 Å². The van der Waals surface area contributed by atoms with E-state index in [4.69, 9.17) is 27.6 Å². The predicted octanol–water partition coefficient (Wildman–Crippen LogP) is 6.97. The fraction of sp³-hybridized carbons (Fsp3) is 0.0476. The number of carbonyl (C=O) groups excluding carboxylic acids is 1. The molecule has 3 aromatic carbocycles. The SMILES string of the molecule is Cc1c(NC(=O)c2cc(I)ccc2Cl)cccc1-c1nc2cc(Cl)ccc2o1. The Morgan fingerprint density at radius 2 is 1.93 bits per heavy atom. The first kappa shape index (κ1) is 19.2. The zero-order chi connectivity index (χ0) is 19.8. The fourth-order valence-corrected chi connectivity index (χ4v) is 3.74. The molecule has 0 aliphatic heterocycles. The van der Waals surface area contributed by atoms with Gasteiger partial charge in [-0.1, -0.05) is 29.3 Å². The van der Waals surface area contributed by atoms with Gasteiger partial charge in [-0.05, 0) is 83.6 Å². The number of nitrogens with zero attached hydrogens (tertiary/aromatic N) is 1. The summed E-state index contributed by atoms with van der Waals surface area (Å²) in [5, 5.41) is 3.93. The first-order valence-electron chi connectivity index (χ1n) is 8.35. The monoisotopic (exact) mass is 522 g/mol. The van der Waals surface area contributed by atoms with Crippen molar-refractivity contribution in [3.05, 3.63) is 79.3 Å². The molecular formula is C21H13Cl2IN2O2. The summed E-state index contributed by atoms with van der Waals surface area (Å²) in [4.78, 5) is 17.2. The minimum atomic E-state index is -0.270. The molecule has 7 heteroatoms. The molecule has 0 spiro atoms. The number of nitrogens with one attached hydrogen (secondary N) is 1. The number of hydrogen-bond donors (Lipinski definition) is 1. The number of carbonyl (C=O) groups is 1. The Hall–Kier alpha value is -2.09. The highest BCUT2D eigenvalue weighted by molar-refractivity contribution is 14.1. The Balaban J connectivity index is 1.70. The zero-order valence-corrected chi connectivity index (χ0v) is 18.3. The molecule has 4 nitrogen and oxygen atoms in total. The molecule has 0 bridgehead atoms. The number of anilines is 1. The van der Waals surface area contributed by atoms with E-state index < -0.39 is 0 Å². The number of hydrogen-bond acceptors (Lipinski definition) is 3. The molecule has 28 heavy (non-hydrogen) atoms. The molecule has 0 saturated carbocycles. The number of benzene rings is 3. The Morgan fingerprint density at radius 3 is 2.75 bits per heavy atom. The summed E-state index contributed by atoms with van der Waals surface area (Å²) in [7, 11) is 0. The molecule has 4 aromatic rings. The van der Waals surface area contributed by atoms with E-state index in [1.54, 1.807) is 30.3 Å². The fourth-order valence-electron chi connectivity index (χ4n) is 2.88. The van der Waals surface area contributed by atoms with Gasteiger partial charge in [0.05, 0.1) is 10.6 Å². The lowest BCUT2D eigenvalue weighted by molar-refractivity contribution is 0.102. The number of rotatable bonds is 3. The third-order valence-electron chi connectivity index (χ3n) is 4.34. The number of amides is 1. The minimum Gasteiger partial charge on any atom is -0.436 e. The van der Waals surface area contributed by atoms with Crippen molar-refractivity contribution in [3.8, 4) is 11.5 Å².